The van der Waals surface area contributed by atoms with Gasteiger partial charge < -0.3 is 5.73 Å². The van der Waals surface area contributed by atoms with Gasteiger partial charge in [0.25, 0.3) is 0 Å². The van der Waals surface area contributed by atoms with Crippen molar-refractivity contribution in [2.75, 3.05) is 5.73 Å². The molecule has 0 aliphatic carbocycles. The number of benzene rings is 2. The number of hydrogen-bond acceptors (Lipinski definition) is 4. The fourth-order valence-electron chi connectivity index (χ4n) is 2.78. The van der Waals surface area contributed by atoms with Crippen LogP contribution in [0.4, 0.5) is 10.3 Å². The van der Waals surface area contributed by atoms with Crippen LogP contribution in [0.1, 0.15) is 0 Å². The molecule has 0 atom stereocenters. The van der Waals surface area contributed by atoms with E-state index in [4.69, 9.17) is 5.73 Å². The molecule has 0 spiro atoms. The van der Waals surface area contributed by atoms with E-state index in [2.05, 4.69) is 20.2 Å². The lowest BCUT2D eigenvalue weighted by molar-refractivity contribution is 0.631. The van der Waals surface area contributed by atoms with Crippen molar-refractivity contribution in [2.24, 2.45) is 0 Å². The van der Waals surface area contributed by atoms with Gasteiger partial charge in [-0.15, -0.1) is 0 Å². The fraction of sp³-hybridized carbons (Fsp3) is 0. The van der Waals surface area contributed by atoms with Gasteiger partial charge in [-0.3, -0.25) is 5.10 Å². The van der Waals surface area contributed by atoms with Gasteiger partial charge in [0.1, 0.15) is 5.82 Å². The van der Waals surface area contributed by atoms with Crippen molar-refractivity contribution >= 4 is 5.95 Å². The van der Waals surface area contributed by atoms with Crippen LogP contribution in [0.3, 0.4) is 0 Å². The van der Waals surface area contributed by atoms with Gasteiger partial charge in [-0.25, -0.2) is 14.4 Å². The molecule has 4 rings (SSSR count). The van der Waals surface area contributed by atoms with Crippen molar-refractivity contribution < 1.29 is 4.39 Å². The number of nitrogens with zero attached hydrogens (tertiary/aromatic N) is 3. The number of nitrogen functional groups attached to an aromatic ring is 1. The van der Waals surface area contributed by atoms with Crippen LogP contribution in [0.5, 0.6) is 0 Å². The molecule has 0 fully saturated rings. The zero-order valence-electron chi connectivity index (χ0n) is 13.1. The first-order valence-corrected chi connectivity index (χ1v) is 7.68. The normalized spacial score (nSPS) is 10.8. The Hall–Kier alpha value is -3.54. The number of aromatic amines is 1. The van der Waals surface area contributed by atoms with Crippen LogP contribution in [0.25, 0.3) is 33.4 Å². The summed E-state index contributed by atoms with van der Waals surface area (Å²) in [5.74, 6) is -0.178. The average molecular weight is 331 g/mol. The molecule has 0 unspecified atom stereocenters. The Balaban J connectivity index is 1.79. The third-order valence-corrected chi connectivity index (χ3v) is 4.00. The molecule has 2 aromatic carbocycles. The Bertz CT molecular complexity index is 1010. The Morgan fingerprint density at radius 2 is 1.52 bits per heavy atom. The summed E-state index contributed by atoms with van der Waals surface area (Å²) in [5.41, 5.74) is 10.2. The van der Waals surface area contributed by atoms with Crippen molar-refractivity contribution in [2.45, 2.75) is 0 Å². The molecule has 0 saturated carbocycles. The molecule has 5 nitrogen and oxygen atoms in total. The van der Waals surface area contributed by atoms with Gasteiger partial charge in [0.2, 0.25) is 5.95 Å². The van der Waals surface area contributed by atoms with Crippen LogP contribution >= 0.6 is 0 Å². The van der Waals surface area contributed by atoms with Gasteiger partial charge in [-0.1, -0.05) is 36.4 Å². The maximum Gasteiger partial charge on any atom is 0.219 e. The highest BCUT2D eigenvalue weighted by molar-refractivity contribution is 5.83. The van der Waals surface area contributed by atoms with Gasteiger partial charge in [-0.2, -0.15) is 5.10 Å². The Labute approximate surface area is 143 Å². The van der Waals surface area contributed by atoms with Crippen molar-refractivity contribution in [3.63, 3.8) is 0 Å². The summed E-state index contributed by atoms with van der Waals surface area (Å²) in [4.78, 5) is 7.83. The molecule has 3 N–H and O–H groups in total. The first-order chi connectivity index (χ1) is 12.2. The first kappa shape index (κ1) is 15.0. The minimum absolute atomic E-state index is 0.162. The van der Waals surface area contributed by atoms with Crippen LogP contribution < -0.4 is 5.73 Å². The van der Waals surface area contributed by atoms with E-state index < -0.39 is 0 Å². The molecule has 25 heavy (non-hydrogen) atoms. The van der Waals surface area contributed by atoms with Crippen molar-refractivity contribution in [1.82, 2.24) is 20.2 Å². The maximum atomic E-state index is 14.7. The van der Waals surface area contributed by atoms with E-state index in [1.54, 1.807) is 12.3 Å². The number of halogens is 1. The first-order valence-electron chi connectivity index (χ1n) is 7.68. The molecular weight excluding hydrogens is 317 g/mol. The van der Waals surface area contributed by atoms with Gasteiger partial charge in [0.05, 0.1) is 6.20 Å². The van der Waals surface area contributed by atoms with E-state index in [0.29, 0.717) is 11.1 Å². The fourth-order valence-corrected chi connectivity index (χ4v) is 2.78. The minimum Gasteiger partial charge on any atom is -0.368 e. The zero-order chi connectivity index (χ0) is 17.2. The highest BCUT2D eigenvalue weighted by Gasteiger charge is 2.12. The van der Waals surface area contributed by atoms with Crippen LogP contribution in [0, 0.1) is 5.82 Å². The van der Waals surface area contributed by atoms with Gasteiger partial charge in [-0.05, 0) is 22.8 Å². The molecular formula is C19H14FN5. The molecule has 2 heterocycles. The summed E-state index contributed by atoms with van der Waals surface area (Å²) in [7, 11) is 0. The smallest absolute Gasteiger partial charge is 0.219 e. The molecule has 122 valence electrons. The van der Waals surface area contributed by atoms with Crippen LogP contribution in [0.2, 0.25) is 0 Å². The van der Waals surface area contributed by atoms with Crippen LogP contribution in [-0.2, 0) is 0 Å². The third kappa shape index (κ3) is 2.85. The number of anilines is 1. The molecule has 0 aliphatic heterocycles. The highest BCUT2D eigenvalue weighted by Crippen LogP contribution is 2.33. The van der Waals surface area contributed by atoms with Crippen LogP contribution in [-0.4, -0.2) is 20.2 Å². The molecule has 0 aliphatic rings. The topological polar surface area (TPSA) is 80.5 Å². The number of hydrogen-bond donors (Lipinski definition) is 2. The summed E-state index contributed by atoms with van der Waals surface area (Å²) in [6.45, 7) is 0. The summed E-state index contributed by atoms with van der Waals surface area (Å²) < 4.78 is 14.7. The van der Waals surface area contributed by atoms with Crippen molar-refractivity contribution in [3.8, 4) is 33.4 Å². The second-order valence-electron chi connectivity index (χ2n) is 5.56. The summed E-state index contributed by atoms with van der Waals surface area (Å²) in [6, 6.07) is 13.0. The predicted molar refractivity (Wildman–Crippen MR) is 94.9 cm³/mol. The third-order valence-electron chi connectivity index (χ3n) is 4.00. The van der Waals surface area contributed by atoms with Crippen molar-refractivity contribution in [3.05, 3.63) is 73.1 Å². The van der Waals surface area contributed by atoms with E-state index in [9.17, 15) is 4.39 Å². The molecule has 0 radical (unpaired) electrons. The summed E-state index contributed by atoms with van der Waals surface area (Å²) in [6.07, 6.45) is 6.59. The monoisotopic (exact) mass is 331 g/mol. The number of aromatic nitrogens is 4. The number of nitrogens with one attached hydrogen (secondary N) is 1. The van der Waals surface area contributed by atoms with Gasteiger partial charge in [0, 0.05) is 35.3 Å². The Kier molecular flexibility index (Phi) is 3.70. The summed E-state index contributed by atoms with van der Waals surface area (Å²) in [5, 5.41) is 6.79. The van der Waals surface area contributed by atoms with E-state index in [-0.39, 0.29) is 11.8 Å². The highest BCUT2D eigenvalue weighted by atomic mass is 19.1. The Morgan fingerprint density at radius 3 is 2.16 bits per heavy atom. The molecule has 0 bridgehead atoms. The van der Waals surface area contributed by atoms with Gasteiger partial charge in [0.15, 0.2) is 0 Å². The second-order valence-corrected chi connectivity index (χ2v) is 5.56. The largest absolute Gasteiger partial charge is 0.368 e. The van der Waals surface area contributed by atoms with E-state index in [0.717, 1.165) is 22.3 Å². The number of nitrogens with two attached hydrogens (primary N) is 1. The standard InChI is InChI=1S/C19H14FN5/c20-18-7-12(5-6-17(18)13-8-22-19(21)23-9-13)15-3-1-2-4-16(15)14-10-24-25-11-14/h1-11H,(H,24,25)(H2,21,22,23). The Morgan fingerprint density at radius 1 is 0.800 bits per heavy atom. The minimum atomic E-state index is -0.340. The summed E-state index contributed by atoms with van der Waals surface area (Å²) >= 11 is 0. The van der Waals surface area contributed by atoms with E-state index in [1.165, 1.54) is 18.5 Å². The number of rotatable bonds is 3. The lowest BCUT2D eigenvalue weighted by Crippen LogP contribution is -1.95. The second kappa shape index (κ2) is 6.16. The lowest BCUT2D eigenvalue weighted by Gasteiger charge is -2.10. The molecule has 0 saturated heterocycles. The molecule has 2 aromatic heterocycles. The van der Waals surface area contributed by atoms with E-state index in [1.807, 2.05) is 36.5 Å². The van der Waals surface area contributed by atoms with Gasteiger partial charge >= 0.3 is 0 Å². The SMILES string of the molecule is Nc1ncc(-c2ccc(-c3ccccc3-c3cn[nH]c3)cc2F)cn1. The quantitative estimate of drug-likeness (QED) is 0.596. The lowest BCUT2D eigenvalue weighted by atomic mass is 9.95. The zero-order valence-corrected chi connectivity index (χ0v) is 13.1. The average Bonchev–Trinajstić information content (AvgIpc) is 3.17. The number of H-pyrrole nitrogens is 1. The predicted octanol–water partition coefficient (Wildman–Crippen LogP) is 3.92. The maximum absolute atomic E-state index is 14.7. The van der Waals surface area contributed by atoms with Crippen LogP contribution in [0.15, 0.2) is 67.3 Å². The molecule has 6 heteroatoms. The van der Waals surface area contributed by atoms with E-state index >= 15 is 0 Å². The van der Waals surface area contributed by atoms with Crippen molar-refractivity contribution in [1.29, 1.82) is 0 Å². The molecule has 0 amide bonds. The molecule has 4 aromatic rings.